The normalized spacial score (nSPS) is 10.6. The van der Waals surface area contributed by atoms with Gasteiger partial charge in [-0.3, -0.25) is 4.98 Å². The monoisotopic (exact) mass is 191 g/mol. The van der Waals surface area contributed by atoms with Gasteiger partial charge in [0.25, 0.3) is 0 Å². The molecule has 0 aliphatic carbocycles. The van der Waals surface area contributed by atoms with Gasteiger partial charge in [0.1, 0.15) is 0 Å². The number of H-pyrrole nitrogens is 1. The van der Waals surface area contributed by atoms with Gasteiger partial charge >= 0.3 is 11.4 Å². The lowest BCUT2D eigenvalue weighted by molar-refractivity contribution is 0.459. The zero-order valence-corrected chi connectivity index (χ0v) is 7.66. The Morgan fingerprint density at radius 3 is 2.86 bits per heavy atom. The molecule has 0 aliphatic heterocycles. The standard InChI is InChI=1S/C10H9NO3/c1-2-6-4-3-5-7-8(6)9(12)14-10(13)11-7/h3-5H,2H2,1H3,(H,11,13). The summed E-state index contributed by atoms with van der Waals surface area (Å²) in [4.78, 5) is 24.8. The van der Waals surface area contributed by atoms with Crippen molar-refractivity contribution in [2.75, 3.05) is 0 Å². The Bertz CT molecular complexity index is 580. The highest BCUT2D eigenvalue weighted by molar-refractivity contribution is 5.80. The maximum atomic E-state index is 11.4. The fourth-order valence-corrected chi connectivity index (χ4v) is 1.51. The molecule has 2 rings (SSSR count). The van der Waals surface area contributed by atoms with Crippen molar-refractivity contribution in [3.63, 3.8) is 0 Å². The molecule has 0 unspecified atom stereocenters. The molecule has 0 bridgehead atoms. The molecule has 0 aliphatic rings. The first-order valence-corrected chi connectivity index (χ1v) is 4.37. The predicted octanol–water partition coefficient (Wildman–Crippen LogP) is 1.04. The topological polar surface area (TPSA) is 63.1 Å². The lowest BCUT2D eigenvalue weighted by Crippen LogP contribution is -2.15. The SMILES string of the molecule is CCc1cccc2[nH]c(=O)oc(=O)c12. The number of aromatic nitrogens is 1. The number of aromatic amines is 1. The van der Waals surface area contributed by atoms with Crippen LogP contribution < -0.4 is 11.4 Å². The highest BCUT2D eigenvalue weighted by Crippen LogP contribution is 2.11. The predicted molar refractivity (Wildman–Crippen MR) is 52.5 cm³/mol. The van der Waals surface area contributed by atoms with Crippen molar-refractivity contribution in [1.82, 2.24) is 4.98 Å². The summed E-state index contributed by atoms with van der Waals surface area (Å²) < 4.78 is 4.47. The lowest BCUT2D eigenvalue weighted by Gasteiger charge is -2.00. The van der Waals surface area contributed by atoms with Crippen LogP contribution in [0.15, 0.2) is 32.2 Å². The van der Waals surface area contributed by atoms with Crippen molar-refractivity contribution in [1.29, 1.82) is 0 Å². The number of aryl methyl sites for hydroxylation is 1. The molecule has 14 heavy (non-hydrogen) atoms. The van der Waals surface area contributed by atoms with Crippen LogP contribution in [0.2, 0.25) is 0 Å². The van der Waals surface area contributed by atoms with Crippen molar-refractivity contribution in [3.05, 3.63) is 44.7 Å². The van der Waals surface area contributed by atoms with E-state index in [9.17, 15) is 9.59 Å². The largest absolute Gasteiger partial charge is 0.419 e. The van der Waals surface area contributed by atoms with Crippen LogP contribution in [0.5, 0.6) is 0 Å². The third-order valence-corrected chi connectivity index (χ3v) is 2.16. The smallest absolute Gasteiger partial charge is 0.372 e. The molecule has 1 aromatic carbocycles. The van der Waals surface area contributed by atoms with Crippen molar-refractivity contribution < 1.29 is 4.42 Å². The van der Waals surface area contributed by atoms with Gasteiger partial charge in [0.05, 0.1) is 10.9 Å². The van der Waals surface area contributed by atoms with E-state index in [0.717, 1.165) is 12.0 Å². The molecule has 0 radical (unpaired) electrons. The van der Waals surface area contributed by atoms with Crippen molar-refractivity contribution >= 4 is 10.9 Å². The van der Waals surface area contributed by atoms with Crippen molar-refractivity contribution in [3.8, 4) is 0 Å². The quantitative estimate of drug-likeness (QED) is 0.732. The summed E-state index contributed by atoms with van der Waals surface area (Å²) in [6.45, 7) is 1.94. The molecule has 1 heterocycles. The van der Waals surface area contributed by atoms with Crippen LogP contribution in [0.4, 0.5) is 0 Å². The number of benzene rings is 1. The van der Waals surface area contributed by atoms with E-state index in [2.05, 4.69) is 9.40 Å². The minimum Gasteiger partial charge on any atom is -0.372 e. The summed E-state index contributed by atoms with van der Waals surface area (Å²) in [5, 5.41) is 0.467. The van der Waals surface area contributed by atoms with E-state index in [1.165, 1.54) is 0 Å². The summed E-state index contributed by atoms with van der Waals surface area (Å²) in [5.74, 6) is -0.712. The fourth-order valence-electron chi connectivity index (χ4n) is 1.51. The maximum absolute atomic E-state index is 11.4. The first kappa shape index (κ1) is 8.74. The third kappa shape index (κ3) is 1.25. The van der Waals surface area contributed by atoms with Crippen LogP contribution in [0, 0.1) is 0 Å². The summed E-state index contributed by atoms with van der Waals surface area (Å²) in [7, 11) is 0. The third-order valence-electron chi connectivity index (χ3n) is 2.16. The Kier molecular flexibility index (Phi) is 1.96. The second-order valence-electron chi connectivity index (χ2n) is 3.00. The van der Waals surface area contributed by atoms with E-state index < -0.39 is 11.4 Å². The Labute approximate surface area is 79.2 Å². The zero-order valence-electron chi connectivity index (χ0n) is 7.66. The molecule has 1 N–H and O–H groups in total. The highest BCUT2D eigenvalue weighted by Gasteiger charge is 2.05. The van der Waals surface area contributed by atoms with E-state index in [-0.39, 0.29) is 0 Å². The maximum Gasteiger partial charge on any atom is 0.419 e. The van der Waals surface area contributed by atoms with Crippen LogP contribution >= 0.6 is 0 Å². The molecule has 1 aromatic heterocycles. The van der Waals surface area contributed by atoms with E-state index in [4.69, 9.17) is 0 Å². The highest BCUT2D eigenvalue weighted by atomic mass is 16.4. The molecule has 4 nitrogen and oxygen atoms in total. The molecule has 0 saturated heterocycles. The van der Waals surface area contributed by atoms with E-state index in [1.54, 1.807) is 12.1 Å². The van der Waals surface area contributed by atoms with E-state index in [1.807, 2.05) is 13.0 Å². The number of nitrogens with one attached hydrogen (secondary N) is 1. The van der Waals surface area contributed by atoms with Crippen LogP contribution in [-0.2, 0) is 6.42 Å². The Balaban J connectivity index is 3.02. The Hall–Kier alpha value is -1.84. The average Bonchev–Trinajstić information content (AvgIpc) is 2.16. The lowest BCUT2D eigenvalue weighted by atomic mass is 10.1. The summed E-state index contributed by atoms with van der Waals surface area (Å²) in [5.41, 5.74) is 0.847. The van der Waals surface area contributed by atoms with Gasteiger partial charge in [-0.05, 0) is 18.1 Å². The number of hydrogen-bond acceptors (Lipinski definition) is 3. The van der Waals surface area contributed by atoms with Gasteiger partial charge in [-0.2, -0.15) is 0 Å². The molecule has 0 amide bonds. The van der Waals surface area contributed by atoms with Gasteiger partial charge in [0.2, 0.25) is 0 Å². The molecular formula is C10H9NO3. The average molecular weight is 191 g/mol. The van der Waals surface area contributed by atoms with Crippen LogP contribution in [0.3, 0.4) is 0 Å². The van der Waals surface area contributed by atoms with E-state index in [0.29, 0.717) is 10.9 Å². The first-order valence-electron chi connectivity index (χ1n) is 4.37. The molecule has 72 valence electrons. The van der Waals surface area contributed by atoms with Crippen molar-refractivity contribution in [2.45, 2.75) is 13.3 Å². The van der Waals surface area contributed by atoms with Gasteiger partial charge in [0, 0.05) is 0 Å². The molecular weight excluding hydrogens is 182 g/mol. The second kappa shape index (κ2) is 3.14. The molecule has 4 heteroatoms. The van der Waals surface area contributed by atoms with E-state index >= 15 is 0 Å². The number of rotatable bonds is 1. The molecule has 0 spiro atoms. The van der Waals surface area contributed by atoms with Crippen molar-refractivity contribution in [2.24, 2.45) is 0 Å². The second-order valence-corrected chi connectivity index (χ2v) is 3.00. The Morgan fingerprint density at radius 2 is 2.14 bits per heavy atom. The summed E-state index contributed by atoms with van der Waals surface area (Å²) >= 11 is 0. The molecule has 0 atom stereocenters. The number of fused-ring (bicyclic) bond motifs is 1. The van der Waals surface area contributed by atoms with Crippen LogP contribution in [0.1, 0.15) is 12.5 Å². The zero-order chi connectivity index (χ0) is 10.1. The number of hydrogen-bond donors (Lipinski definition) is 1. The molecule has 2 aromatic rings. The van der Waals surface area contributed by atoms with Crippen LogP contribution in [-0.4, -0.2) is 4.98 Å². The van der Waals surface area contributed by atoms with Crippen LogP contribution in [0.25, 0.3) is 10.9 Å². The fraction of sp³-hybridized carbons (Fsp3) is 0.200. The van der Waals surface area contributed by atoms with Gasteiger partial charge in [0.15, 0.2) is 0 Å². The molecule has 0 saturated carbocycles. The summed E-state index contributed by atoms with van der Waals surface area (Å²) in [6.07, 6.45) is 0.730. The van der Waals surface area contributed by atoms with Gasteiger partial charge < -0.3 is 4.42 Å². The van der Waals surface area contributed by atoms with Gasteiger partial charge in [-0.15, -0.1) is 0 Å². The summed E-state index contributed by atoms with van der Waals surface area (Å²) in [6, 6.07) is 5.33. The Morgan fingerprint density at radius 1 is 1.36 bits per heavy atom. The first-order chi connectivity index (χ1) is 6.72. The molecule has 0 fully saturated rings. The minimum absolute atomic E-state index is 0.467. The minimum atomic E-state index is -0.712. The van der Waals surface area contributed by atoms with Gasteiger partial charge in [-0.25, -0.2) is 9.59 Å². The van der Waals surface area contributed by atoms with Gasteiger partial charge in [-0.1, -0.05) is 19.1 Å².